The molecule has 8 nitrogen and oxygen atoms in total. The third-order valence-electron chi connectivity index (χ3n) is 3.45. The molecule has 1 fully saturated rings. The van der Waals surface area contributed by atoms with Gasteiger partial charge < -0.3 is 19.9 Å². The Kier molecular flexibility index (Phi) is 6.69. The van der Waals surface area contributed by atoms with Crippen molar-refractivity contribution in [1.82, 2.24) is 15.1 Å². The molecule has 1 heterocycles. The minimum absolute atomic E-state index is 0.00147. The Morgan fingerprint density at radius 1 is 1.17 bits per heavy atom. The van der Waals surface area contributed by atoms with Crippen molar-refractivity contribution in [3.8, 4) is 0 Å². The van der Waals surface area contributed by atoms with Gasteiger partial charge in [-0.2, -0.15) is 0 Å². The van der Waals surface area contributed by atoms with E-state index in [1.807, 2.05) is 0 Å². The summed E-state index contributed by atoms with van der Waals surface area (Å²) in [7, 11) is 1.54. The molecule has 0 bridgehead atoms. The van der Waals surface area contributed by atoms with E-state index in [1.165, 1.54) is 16.7 Å². The van der Waals surface area contributed by atoms with Crippen LogP contribution in [-0.4, -0.2) is 72.8 Å². The zero-order valence-electron chi connectivity index (χ0n) is 14.3. The lowest BCUT2D eigenvalue weighted by Crippen LogP contribution is -2.55. The molecule has 132 valence electrons. The number of carbonyl (C=O) groups excluding carboxylic acids is 4. The Bertz CT molecular complexity index is 584. The Hall–Kier alpha value is -2.64. The molecule has 24 heavy (non-hydrogen) atoms. The molecular weight excluding hydrogens is 314 g/mol. The molecule has 8 heteroatoms. The summed E-state index contributed by atoms with van der Waals surface area (Å²) >= 11 is 0. The average Bonchev–Trinajstić information content (AvgIpc) is 2.52. The van der Waals surface area contributed by atoms with E-state index in [4.69, 9.17) is 4.74 Å². The normalized spacial score (nSPS) is 15.8. The molecule has 1 unspecified atom stereocenters. The van der Waals surface area contributed by atoms with Crippen molar-refractivity contribution in [2.24, 2.45) is 0 Å². The fourth-order valence-electron chi connectivity index (χ4n) is 1.95. The predicted octanol–water partition coefficient (Wildman–Crippen LogP) is -0.533. The Balaban J connectivity index is 2.76. The van der Waals surface area contributed by atoms with Gasteiger partial charge in [-0.3, -0.25) is 14.4 Å². The Morgan fingerprint density at radius 2 is 1.79 bits per heavy atom. The summed E-state index contributed by atoms with van der Waals surface area (Å²) in [5.41, 5.74) is 0.512. The van der Waals surface area contributed by atoms with Crippen molar-refractivity contribution in [3.05, 3.63) is 24.3 Å². The molecule has 0 aromatic rings. The number of amides is 3. The molecule has 0 spiro atoms. The number of rotatable bonds is 7. The van der Waals surface area contributed by atoms with Crippen LogP contribution in [0.2, 0.25) is 0 Å². The Labute approximate surface area is 141 Å². The lowest BCUT2D eigenvalue weighted by atomic mass is 10.2. The summed E-state index contributed by atoms with van der Waals surface area (Å²) in [5, 5.41) is 2.57. The summed E-state index contributed by atoms with van der Waals surface area (Å²) in [6, 6.07) is 0. The first-order chi connectivity index (χ1) is 11.1. The molecule has 0 saturated carbocycles. The van der Waals surface area contributed by atoms with Gasteiger partial charge in [0, 0.05) is 31.3 Å². The molecule has 1 atom stereocenters. The van der Waals surface area contributed by atoms with Crippen LogP contribution >= 0.6 is 0 Å². The van der Waals surface area contributed by atoms with Crippen LogP contribution in [0.4, 0.5) is 0 Å². The van der Waals surface area contributed by atoms with Crippen LogP contribution in [0.1, 0.15) is 13.8 Å². The van der Waals surface area contributed by atoms with Crippen LogP contribution in [0, 0.1) is 0 Å². The van der Waals surface area contributed by atoms with Crippen molar-refractivity contribution in [1.29, 1.82) is 0 Å². The van der Waals surface area contributed by atoms with Crippen LogP contribution in [0.3, 0.4) is 0 Å². The monoisotopic (exact) mass is 337 g/mol. The van der Waals surface area contributed by atoms with E-state index in [0.29, 0.717) is 18.7 Å². The zero-order valence-corrected chi connectivity index (χ0v) is 14.3. The van der Waals surface area contributed by atoms with E-state index >= 15 is 0 Å². The molecule has 0 aromatic heterocycles. The summed E-state index contributed by atoms with van der Waals surface area (Å²) < 4.78 is 5.25. The largest absolute Gasteiger partial charge is 0.455 e. The van der Waals surface area contributed by atoms with Gasteiger partial charge in [0.15, 0.2) is 0 Å². The number of ether oxygens (including phenoxy) is 1. The highest BCUT2D eigenvalue weighted by molar-refractivity contribution is 6.35. The second-order valence-electron chi connectivity index (χ2n) is 5.78. The van der Waals surface area contributed by atoms with Crippen molar-refractivity contribution in [3.63, 3.8) is 0 Å². The van der Waals surface area contributed by atoms with Crippen molar-refractivity contribution in [2.45, 2.75) is 20.0 Å². The number of likely N-dealkylation sites (N-methyl/N-ethyl adjacent to an activating group) is 1. The quantitative estimate of drug-likeness (QED) is 0.383. The van der Waals surface area contributed by atoms with Crippen LogP contribution in [0.25, 0.3) is 0 Å². The topological polar surface area (TPSA) is 96.0 Å². The first-order valence-corrected chi connectivity index (χ1v) is 7.48. The third-order valence-corrected chi connectivity index (χ3v) is 3.45. The minimum Gasteiger partial charge on any atom is -0.455 e. The molecule has 0 aromatic carbocycles. The highest BCUT2D eigenvalue weighted by Gasteiger charge is 2.32. The summed E-state index contributed by atoms with van der Waals surface area (Å²) in [6.07, 6.45) is -0.794. The van der Waals surface area contributed by atoms with E-state index in [0.717, 1.165) is 0 Å². The third kappa shape index (κ3) is 5.22. The molecule has 1 aliphatic rings. The van der Waals surface area contributed by atoms with Gasteiger partial charge in [-0.05, 0) is 13.8 Å². The molecule has 0 aliphatic carbocycles. The van der Waals surface area contributed by atoms with Crippen molar-refractivity contribution in [2.75, 3.05) is 33.2 Å². The minimum atomic E-state index is -0.794. The van der Waals surface area contributed by atoms with Crippen molar-refractivity contribution < 1.29 is 23.9 Å². The van der Waals surface area contributed by atoms with Gasteiger partial charge in [0.05, 0.1) is 13.1 Å². The standard InChI is InChI=1S/C16H23N3O5/c1-10(2)13(20)17-8-12(24-16(23)11(3)4)9-19-7-6-18(5)14(21)15(19)22/h12H,1,3,6-9H2,2,4-5H3,(H,17,20). The fourth-order valence-corrected chi connectivity index (χ4v) is 1.95. The highest BCUT2D eigenvalue weighted by Crippen LogP contribution is 2.07. The summed E-state index contributed by atoms with van der Waals surface area (Å²) in [6.45, 7) is 10.8. The molecule has 3 amide bonds. The summed E-state index contributed by atoms with van der Waals surface area (Å²) in [5.74, 6) is -2.28. The van der Waals surface area contributed by atoms with Crippen LogP contribution < -0.4 is 5.32 Å². The van der Waals surface area contributed by atoms with Crippen molar-refractivity contribution >= 4 is 23.7 Å². The van der Waals surface area contributed by atoms with E-state index in [-0.39, 0.29) is 24.6 Å². The lowest BCUT2D eigenvalue weighted by Gasteiger charge is -2.33. The van der Waals surface area contributed by atoms with Crippen LogP contribution in [0.5, 0.6) is 0 Å². The second-order valence-corrected chi connectivity index (χ2v) is 5.78. The van der Waals surface area contributed by atoms with Gasteiger partial charge >= 0.3 is 17.8 Å². The maximum atomic E-state index is 12.0. The first-order valence-electron chi connectivity index (χ1n) is 7.48. The van der Waals surface area contributed by atoms with Gasteiger partial charge in [-0.1, -0.05) is 13.2 Å². The van der Waals surface area contributed by atoms with Crippen LogP contribution in [-0.2, 0) is 23.9 Å². The maximum Gasteiger partial charge on any atom is 0.333 e. The van der Waals surface area contributed by atoms with E-state index in [1.54, 1.807) is 14.0 Å². The van der Waals surface area contributed by atoms with Gasteiger partial charge in [-0.15, -0.1) is 0 Å². The number of hydrogen-bond acceptors (Lipinski definition) is 5. The van der Waals surface area contributed by atoms with E-state index in [2.05, 4.69) is 18.5 Å². The number of nitrogens with one attached hydrogen (secondary N) is 1. The van der Waals surface area contributed by atoms with E-state index < -0.39 is 23.9 Å². The van der Waals surface area contributed by atoms with Gasteiger partial charge in [0.2, 0.25) is 5.91 Å². The maximum absolute atomic E-state index is 12.0. The fraction of sp³-hybridized carbons (Fsp3) is 0.500. The second kappa shape index (κ2) is 8.28. The number of esters is 1. The lowest BCUT2D eigenvalue weighted by molar-refractivity contribution is -0.158. The predicted molar refractivity (Wildman–Crippen MR) is 86.7 cm³/mol. The average molecular weight is 337 g/mol. The highest BCUT2D eigenvalue weighted by atomic mass is 16.5. The number of piperazine rings is 1. The molecule has 1 aliphatic heterocycles. The van der Waals surface area contributed by atoms with E-state index in [9.17, 15) is 19.2 Å². The SMILES string of the molecule is C=C(C)C(=O)NCC(CN1CCN(C)C(=O)C1=O)OC(=O)C(=C)C. The molecule has 1 saturated heterocycles. The smallest absolute Gasteiger partial charge is 0.333 e. The van der Waals surface area contributed by atoms with Crippen LogP contribution in [0.15, 0.2) is 24.3 Å². The molecule has 1 N–H and O–H groups in total. The number of nitrogens with zero attached hydrogens (tertiary/aromatic N) is 2. The van der Waals surface area contributed by atoms with Gasteiger partial charge in [0.1, 0.15) is 6.10 Å². The zero-order chi connectivity index (χ0) is 18.4. The number of hydrogen-bond donors (Lipinski definition) is 1. The van der Waals surface area contributed by atoms with Gasteiger partial charge in [-0.25, -0.2) is 4.79 Å². The Morgan fingerprint density at radius 3 is 2.33 bits per heavy atom. The molecular formula is C16H23N3O5. The molecule has 0 radical (unpaired) electrons. The summed E-state index contributed by atoms with van der Waals surface area (Å²) in [4.78, 5) is 49.7. The first kappa shape index (κ1) is 19.4. The van der Waals surface area contributed by atoms with Gasteiger partial charge in [0.25, 0.3) is 0 Å². The molecule has 1 rings (SSSR count). The number of carbonyl (C=O) groups is 4.